The highest BCUT2D eigenvalue weighted by Gasteiger charge is 2.14. The molecule has 2 nitrogen and oxygen atoms in total. The average molecular weight is 244 g/mol. The lowest BCUT2D eigenvalue weighted by molar-refractivity contribution is 0.201. The van der Waals surface area contributed by atoms with E-state index in [0.717, 1.165) is 0 Å². The zero-order valence-electron chi connectivity index (χ0n) is 10.4. The molecule has 0 spiro atoms. The Morgan fingerprint density at radius 2 is 1.88 bits per heavy atom. The summed E-state index contributed by atoms with van der Waals surface area (Å²) in [6, 6.07) is 3.00. The van der Waals surface area contributed by atoms with E-state index in [1.165, 1.54) is 19.2 Å². The molecule has 0 radical (unpaired) electrons. The van der Waals surface area contributed by atoms with E-state index in [9.17, 15) is 8.78 Å². The van der Waals surface area contributed by atoms with Gasteiger partial charge in [-0.2, -0.15) is 4.39 Å². The van der Waals surface area contributed by atoms with Gasteiger partial charge in [-0.05, 0) is 24.0 Å². The molecule has 1 aromatic rings. The largest absolute Gasteiger partial charge is 0.490 e. The van der Waals surface area contributed by atoms with E-state index in [2.05, 4.69) is 0 Å². The van der Waals surface area contributed by atoms with E-state index < -0.39 is 11.6 Å². The summed E-state index contributed by atoms with van der Waals surface area (Å²) >= 11 is 0. The van der Waals surface area contributed by atoms with E-state index >= 15 is 0 Å². The van der Waals surface area contributed by atoms with Crippen LogP contribution < -0.4 is 4.74 Å². The molecular formula is C13H18F2O2. The lowest BCUT2D eigenvalue weighted by Crippen LogP contribution is -2.08. The van der Waals surface area contributed by atoms with E-state index in [4.69, 9.17) is 9.47 Å². The fraction of sp³-hybridized carbons (Fsp3) is 0.538. The summed E-state index contributed by atoms with van der Waals surface area (Å²) in [6.45, 7) is 4.62. The smallest absolute Gasteiger partial charge is 0.200 e. The molecule has 0 aliphatic heterocycles. The summed E-state index contributed by atoms with van der Waals surface area (Å²) in [6.07, 6.45) is 0.351. The second kappa shape index (κ2) is 6.55. The summed E-state index contributed by atoms with van der Waals surface area (Å²) in [5, 5.41) is 0. The van der Waals surface area contributed by atoms with Crippen molar-refractivity contribution in [2.75, 3.05) is 20.3 Å². The molecule has 4 heteroatoms. The van der Waals surface area contributed by atoms with Gasteiger partial charge < -0.3 is 9.47 Å². The van der Waals surface area contributed by atoms with E-state index in [1.54, 1.807) is 0 Å². The maximum absolute atomic E-state index is 13.6. The Kier molecular flexibility index (Phi) is 5.35. The lowest BCUT2D eigenvalue weighted by atomic mass is 10.1. The van der Waals surface area contributed by atoms with Crippen LogP contribution in [-0.2, 0) is 11.2 Å². The van der Waals surface area contributed by atoms with Gasteiger partial charge in [0.2, 0.25) is 5.82 Å². The predicted octanol–water partition coefficient (Wildman–Crippen LogP) is 3.19. The first-order valence-corrected chi connectivity index (χ1v) is 5.64. The van der Waals surface area contributed by atoms with Crippen molar-refractivity contribution in [3.05, 3.63) is 29.3 Å². The van der Waals surface area contributed by atoms with Gasteiger partial charge in [0.1, 0.15) is 0 Å². The maximum Gasteiger partial charge on any atom is 0.200 e. The van der Waals surface area contributed by atoms with Crippen molar-refractivity contribution >= 4 is 0 Å². The van der Waals surface area contributed by atoms with Gasteiger partial charge in [0, 0.05) is 7.11 Å². The van der Waals surface area contributed by atoms with Crippen LogP contribution in [-0.4, -0.2) is 20.3 Å². The summed E-state index contributed by atoms with van der Waals surface area (Å²) in [5.41, 5.74) is 0.307. The number of hydrogen-bond donors (Lipinski definition) is 0. The minimum Gasteiger partial charge on any atom is -0.490 e. The molecule has 0 aromatic heterocycles. The van der Waals surface area contributed by atoms with Gasteiger partial charge in [0.15, 0.2) is 11.6 Å². The summed E-state index contributed by atoms with van der Waals surface area (Å²) in [7, 11) is 1.52. The van der Waals surface area contributed by atoms with Gasteiger partial charge >= 0.3 is 0 Å². The third-order valence-corrected chi connectivity index (χ3v) is 2.27. The van der Waals surface area contributed by atoms with Crippen LogP contribution in [0.5, 0.6) is 5.75 Å². The zero-order chi connectivity index (χ0) is 12.8. The Labute approximate surface area is 101 Å². The number of methoxy groups -OCH3 is 1. The Hall–Kier alpha value is -1.16. The topological polar surface area (TPSA) is 18.5 Å². The molecule has 0 fully saturated rings. The van der Waals surface area contributed by atoms with Crippen molar-refractivity contribution in [1.82, 2.24) is 0 Å². The Bertz CT molecular complexity index is 365. The van der Waals surface area contributed by atoms with Gasteiger partial charge in [-0.25, -0.2) is 4.39 Å². The molecule has 0 bridgehead atoms. The summed E-state index contributed by atoms with van der Waals surface area (Å²) in [4.78, 5) is 0. The molecular weight excluding hydrogens is 226 g/mol. The fourth-order valence-corrected chi connectivity index (χ4v) is 1.34. The Morgan fingerprint density at radius 1 is 1.18 bits per heavy atom. The summed E-state index contributed by atoms with van der Waals surface area (Å²) < 4.78 is 37.2. The SMILES string of the molecule is COCCc1ccc(OCC(C)C)c(F)c1F. The van der Waals surface area contributed by atoms with Gasteiger partial charge in [-0.3, -0.25) is 0 Å². The molecule has 0 atom stereocenters. The molecule has 17 heavy (non-hydrogen) atoms. The number of hydrogen-bond acceptors (Lipinski definition) is 2. The molecule has 0 unspecified atom stereocenters. The number of ether oxygens (including phenoxy) is 2. The highest BCUT2D eigenvalue weighted by atomic mass is 19.2. The first kappa shape index (κ1) is 13.9. The highest BCUT2D eigenvalue weighted by Crippen LogP contribution is 2.23. The van der Waals surface area contributed by atoms with Gasteiger partial charge in [-0.15, -0.1) is 0 Å². The number of benzene rings is 1. The van der Waals surface area contributed by atoms with E-state index in [1.807, 2.05) is 13.8 Å². The van der Waals surface area contributed by atoms with Crippen LogP contribution in [0, 0.1) is 17.6 Å². The second-order valence-corrected chi connectivity index (χ2v) is 4.30. The van der Waals surface area contributed by atoms with Crippen LogP contribution in [0.25, 0.3) is 0 Å². The summed E-state index contributed by atoms with van der Waals surface area (Å²) in [5.74, 6) is -1.52. The van der Waals surface area contributed by atoms with Gasteiger partial charge in [0.05, 0.1) is 13.2 Å². The van der Waals surface area contributed by atoms with Crippen molar-refractivity contribution in [3.63, 3.8) is 0 Å². The van der Waals surface area contributed by atoms with Crippen molar-refractivity contribution < 1.29 is 18.3 Å². The predicted molar refractivity (Wildman–Crippen MR) is 62.3 cm³/mol. The highest BCUT2D eigenvalue weighted by molar-refractivity contribution is 5.31. The Balaban J connectivity index is 2.79. The first-order chi connectivity index (χ1) is 8.06. The number of rotatable bonds is 6. The van der Waals surface area contributed by atoms with Crippen LogP contribution >= 0.6 is 0 Å². The normalized spacial score (nSPS) is 10.9. The molecule has 0 N–H and O–H groups in total. The average Bonchev–Trinajstić information content (AvgIpc) is 2.29. The second-order valence-electron chi connectivity index (χ2n) is 4.30. The number of halogens is 2. The van der Waals surface area contributed by atoms with Crippen LogP contribution in [0.2, 0.25) is 0 Å². The van der Waals surface area contributed by atoms with Crippen LogP contribution in [0.3, 0.4) is 0 Å². The van der Waals surface area contributed by atoms with Crippen molar-refractivity contribution in [2.24, 2.45) is 5.92 Å². The standard InChI is InChI=1S/C13H18F2O2/c1-9(2)8-17-11-5-4-10(6-7-16-3)12(14)13(11)15/h4-5,9H,6-8H2,1-3H3. The third kappa shape index (κ3) is 3.97. The maximum atomic E-state index is 13.6. The molecule has 0 saturated heterocycles. The third-order valence-electron chi connectivity index (χ3n) is 2.27. The Morgan fingerprint density at radius 3 is 2.47 bits per heavy atom. The van der Waals surface area contributed by atoms with Crippen molar-refractivity contribution in [1.29, 1.82) is 0 Å². The van der Waals surface area contributed by atoms with Crippen LogP contribution in [0.4, 0.5) is 8.78 Å². The monoisotopic (exact) mass is 244 g/mol. The minimum absolute atomic E-state index is 0.0302. The fourth-order valence-electron chi connectivity index (χ4n) is 1.34. The molecule has 0 amide bonds. The van der Waals surface area contributed by atoms with E-state index in [-0.39, 0.29) is 11.7 Å². The molecule has 0 heterocycles. The molecule has 1 rings (SSSR count). The van der Waals surface area contributed by atoms with Gasteiger partial charge in [0.25, 0.3) is 0 Å². The lowest BCUT2D eigenvalue weighted by Gasteiger charge is -2.11. The molecule has 1 aromatic carbocycles. The minimum atomic E-state index is -0.917. The molecule has 0 saturated carbocycles. The van der Waals surface area contributed by atoms with Crippen LogP contribution in [0.1, 0.15) is 19.4 Å². The van der Waals surface area contributed by atoms with Crippen LogP contribution in [0.15, 0.2) is 12.1 Å². The molecule has 0 aliphatic carbocycles. The zero-order valence-corrected chi connectivity index (χ0v) is 10.4. The van der Waals surface area contributed by atoms with Gasteiger partial charge in [-0.1, -0.05) is 19.9 Å². The van der Waals surface area contributed by atoms with Crippen molar-refractivity contribution in [2.45, 2.75) is 20.3 Å². The molecule has 0 aliphatic rings. The quantitative estimate of drug-likeness (QED) is 0.765. The molecule has 96 valence electrons. The van der Waals surface area contributed by atoms with E-state index in [0.29, 0.717) is 25.2 Å². The van der Waals surface area contributed by atoms with Crippen molar-refractivity contribution in [3.8, 4) is 5.75 Å². The first-order valence-electron chi connectivity index (χ1n) is 5.64.